The number of halogens is 2. The molecule has 0 unspecified atom stereocenters. The van der Waals surface area contributed by atoms with E-state index in [-0.39, 0.29) is 5.69 Å². The molecular formula is C16H12F2N4O2. The maximum atomic E-state index is 13.2. The van der Waals surface area contributed by atoms with Crippen LogP contribution in [0.25, 0.3) is 0 Å². The highest BCUT2D eigenvalue weighted by atomic mass is 19.2. The topological polar surface area (TPSA) is 80.0 Å². The quantitative estimate of drug-likeness (QED) is 0.763. The predicted molar refractivity (Wildman–Crippen MR) is 83.1 cm³/mol. The fraction of sp³-hybridized carbons (Fsp3) is 0.0625. The van der Waals surface area contributed by atoms with E-state index in [0.29, 0.717) is 23.0 Å². The van der Waals surface area contributed by atoms with Gasteiger partial charge in [-0.2, -0.15) is 0 Å². The normalized spacial score (nSPS) is 10.5. The van der Waals surface area contributed by atoms with Crippen LogP contribution in [0.15, 0.2) is 47.1 Å². The lowest BCUT2D eigenvalue weighted by atomic mass is 10.2. The molecule has 0 radical (unpaired) electrons. The van der Waals surface area contributed by atoms with Gasteiger partial charge in [0, 0.05) is 17.8 Å². The first-order valence-corrected chi connectivity index (χ1v) is 6.94. The summed E-state index contributed by atoms with van der Waals surface area (Å²) in [5, 5.41) is 9.06. The highest BCUT2D eigenvalue weighted by molar-refractivity contribution is 6.02. The van der Waals surface area contributed by atoms with E-state index >= 15 is 0 Å². The zero-order chi connectivity index (χ0) is 17.1. The fourth-order valence-corrected chi connectivity index (χ4v) is 1.95. The number of nitrogens with zero attached hydrogens (tertiary/aromatic N) is 2. The van der Waals surface area contributed by atoms with Crippen molar-refractivity contribution in [3.05, 3.63) is 65.7 Å². The Morgan fingerprint density at radius 2 is 1.88 bits per heavy atom. The van der Waals surface area contributed by atoms with Crippen LogP contribution in [0.2, 0.25) is 0 Å². The van der Waals surface area contributed by atoms with E-state index in [1.165, 1.54) is 18.3 Å². The molecule has 2 heterocycles. The lowest BCUT2D eigenvalue weighted by Crippen LogP contribution is -2.13. The molecule has 1 aromatic carbocycles. The molecule has 0 saturated heterocycles. The standard InChI is InChI=1S/C16H12F2N4O2/c1-9-6-15(22-24-9)21-16(23)14-5-3-11(8-19-14)20-10-2-4-12(17)13(18)7-10/h2-8,20H,1H3,(H,21,22,23). The molecule has 0 atom stereocenters. The van der Waals surface area contributed by atoms with Gasteiger partial charge in [-0.15, -0.1) is 0 Å². The number of aromatic nitrogens is 2. The summed E-state index contributed by atoms with van der Waals surface area (Å²) in [4.78, 5) is 16.0. The lowest BCUT2D eigenvalue weighted by Gasteiger charge is -2.07. The highest BCUT2D eigenvalue weighted by Crippen LogP contribution is 2.18. The number of benzene rings is 1. The summed E-state index contributed by atoms with van der Waals surface area (Å²) in [7, 11) is 0. The minimum atomic E-state index is -0.952. The molecule has 0 aliphatic carbocycles. The van der Waals surface area contributed by atoms with Crippen molar-refractivity contribution in [2.45, 2.75) is 6.92 Å². The number of hydrogen-bond acceptors (Lipinski definition) is 5. The van der Waals surface area contributed by atoms with Gasteiger partial charge >= 0.3 is 0 Å². The van der Waals surface area contributed by atoms with Gasteiger partial charge in [0.15, 0.2) is 17.5 Å². The van der Waals surface area contributed by atoms with Gasteiger partial charge in [-0.1, -0.05) is 5.16 Å². The number of hydrogen-bond donors (Lipinski definition) is 2. The molecule has 0 spiro atoms. The molecule has 3 aromatic rings. The minimum Gasteiger partial charge on any atom is -0.360 e. The zero-order valence-corrected chi connectivity index (χ0v) is 12.5. The summed E-state index contributed by atoms with van der Waals surface area (Å²) >= 11 is 0. The Morgan fingerprint density at radius 1 is 1.08 bits per heavy atom. The van der Waals surface area contributed by atoms with E-state index in [1.54, 1.807) is 19.1 Å². The second-order valence-corrected chi connectivity index (χ2v) is 4.96. The minimum absolute atomic E-state index is 0.173. The third kappa shape index (κ3) is 3.54. The maximum absolute atomic E-state index is 13.2. The number of amides is 1. The van der Waals surface area contributed by atoms with E-state index < -0.39 is 17.5 Å². The molecule has 0 aliphatic heterocycles. The van der Waals surface area contributed by atoms with Crippen molar-refractivity contribution >= 4 is 23.1 Å². The first-order chi connectivity index (χ1) is 11.5. The van der Waals surface area contributed by atoms with Crippen molar-refractivity contribution in [3.63, 3.8) is 0 Å². The number of carbonyl (C=O) groups excluding carboxylic acids is 1. The largest absolute Gasteiger partial charge is 0.360 e. The van der Waals surface area contributed by atoms with Crippen LogP contribution < -0.4 is 10.6 Å². The number of carbonyl (C=O) groups is 1. The van der Waals surface area contributed by atoms with Crippen LogP contribution in [0.5, 0.6) is 0 Å². The number of aryl methyl sites for hydroxylation is 1. The third-order valence-corrected chi connectivity index (χ3v) is 3.07. The molecular weight excluding hydrogens is 318 g/mol. The van der Waals surface area contributed by atoms with Gasteiger partial charge in [-0.3, -0.25) is 4.79 Å². The first kappa shape index (κ1) is 15.6. The van der Waals surface area contributed by atoms with E-state index in [2.05, 4.69) is 20.8 Å². The first-order valence-electron chi connectivity index (χ1n) is 6.94. The molecule has 2 aromatic heterocycles. The maximum Gasteiger partial charge on any atom is 0.275 e. The summed E-state index contributed by atoms with van der Waals surface area (Å²) in [5.41, 5.74) is 1.06. The molecule has 122 valence electrons. The highest BCUT2D eigenvalue weighted by Gasteiger charge is 2.10. The second-order valence-electron chi connectivity index (χ2n) is 4.96. The molecule has 2 N–H and O–H groups in total. The Balaban J connectivity index is 1.68. The summed E-state index contributed by atoms with van der Waals surface area (Å²) < 4.78 is 30.9. The van der Waals surface area contributed by atoms with E-state index in [0.717, 1.165) is 12.1 Å². The SMILES string of the molecule is Cc1cc(NC(=O)c2ccc(Nc3ccc(F)c(F)c3)cn2)no1. The van der Waals surface area contributed by atoms with Gasteiger partial charge in [0.05, 0.1) is 11.9 Å². The van der Waals surface area contributed by atoms with Crippen LogP contribution in [0.4, 0.5) is 26.0 Å². The molecule has 1 amide bonds. The molecule has 0 bridgehead atoms. The van der Waals surface area contributed by atoms with E-state index in [9.17, 15) is 13.6 Å². The monoisotopic (exact) mass is 330 g/mol. The van der Waals surface area contributed by atoms with Crippen molar-refractivity contribution in [3.8, 4) is 0 Å². The lowest BCUT2D eigenvalue weighted by molar-refractivity contribution is 0.102. The van der Waals surface area contributed by atoms with Crippen molar-refractivity contribution in [1.29, 1.82) is 0 Å². The Kier molecular flexibility index (Phi) is 4.19. The molecule has 0 saturated carbocycles. The number of rotatable bonds is 4. The molecule has 6 nitrogen and oxygen atoms in total. The average molecular weight is 330 g/mol. The van der Waals surface area contributed by atoms with Crippen LogP contribution in [0.3, 0.4) is 0 Å². The fourth-order valence-electron chi connectivity index (χ4n) is 1.95. The Hall–Kier alpha value is -3.29. The van der Waals surface area contributed by atoms with Crippen LogP contribution in [0.1, 0.15) is 16.2 Å². The van der Waals surface area contributed by atoms with Crippen LogP contribution >= 0.6 is 0 Å². The van der Waals surface area contributed by atoms with Gasteiger partial charge in [-0.25, -0.2) is 13.8 Å². The van der Waals surface area contributed by atoms with Gasteiger partial charge in [-0.05, 0) is 31.2 Å². The second kappa shape index (κ2) is 6.45. The molecule has 0 aliphatic rings. The molecule has 3 rings (SSSR count). The van der Waals surface area contributed by atoms with Gasteiger partial charge in [0.1, 0.15) is 11.5 Å². The molecule has 0 fully saturated rings. The van der Waals surface area contributed by atoms with Gasteiger partial charge in [0.25, 0.3) is 5.91 Å². The number of nitrogens with one attached hydrogen (secondary N) is 2. The smallest absolute Gasteiger partial charge is 0.275 e. The summed E-state index contributed by atoms with van der Waals surface area (Å²) in [6.45, 7) is 1.71. The Morgan fingerprint density at radius 3 is 2.50 bits per heavy atom. The van der Waals surface area contributed by atoms with Crippen molar-refractivity contribution in [2.24, 2.45) is 0 Å². The van der Waals surface area contributed by atoms with Gasteiger partial charge < -0.3 is 15.2 Å². The zero-order valence-electron chi connectivity index (χ0n) is 12.5. The van der Waals surface area contributed by atoms with Gasteiger partial charge in [0.2, 0.25) is 0 Å². The number of pyridine rings is 1. The Labute approximate surface area is 135 Å². The Bertz CT molecular complexity index is 878. The van der Waals surface area contributed by atoms with Crippen LogP contribution in [-0.4, -0.2) is 16.0 Å². The van der Waals surface area contributed by atoms with Crippen LogP contribution in [-0.2, 0) is 0 Å². The number of anilines is 3. The molecule has 24 heavy (non-hydrogen) atoms. The van der Waals surface area contributed by atoms with Crippen molar-refractivity contribution < 1.29 is 18.1 Å². The van der Waals surface area contributed by atoms with E-state index in [1.807, 2.05) is 0 Å². The summed E-state index contributed by atoms with van der Waals surface area (Å²) in [6, 6.07) is 8.11. The average Bonchev–Trinajstić information content (AvgIpc) is 2.96. The third-order valence-electron chi connectivity index (χ3n) is 3.07. The van der Waals surface area contributed by atoms with Crippen LogP contribution in [0, 0.1) is 18.6 Å². The summed E-state index contributed by atoms with van der Waals surface area (Å²) in [5.74, 6) is -1.45. The molecule has 8 heteroatoms. The summed E-state index contributed by atoms with van der Waals surface area (Å²) in [6.07, 6.45) is 1.41. The van der Waals surface area contributed by atoms with Crippen molar-refractivity contribution in [2.75, 3.05) is 10.6 Å². The van der Waals surface area contributed by atoms with E-state index in [4.69, 9.17) is 4.52 Å². The predicted octanol–water partition coefficient (Wildman–Crippen LogP) is 3.65. The van der Waals surface area contributed by atoms with Crippen molar-refractivity contribution in [1.82, 2.24) is 10.1 Å².